The van der Waals surface area contributed by atoms with Crippen molar-refractivity contribution in [2.24, 2.45) is 0 Å². The van der Waals surface area contributed by atoms with Crippen molar-refractivity contribution in [1.82, 2.24) is 0 Å². The number of methoxy groups -OCH3 is 2. The number of allylic oxidation sites excluding steroid dienone is 1. The summed E-state index contributed by atoms with van der Waals surface area (Å²) in [5.74, 6) is -1.01. The van der Waals surface area contributed by atoms with E-state index in [0.717, 1.165) is 0 Å². The first-order valence-corrected chi connectivity index (χ1v) is 8.09. The standard InChI is InChI=1S/C11H18O4Si/c1-6-7-16(4,5)9(11(13)15-3)8-10(12)14-2/h6,8H,1,7H2,2-5H3/b9-8+. The first kappa shape index (κ1) is 14.6. The first-order valence-electron chi connectivity index (χ1n) is 4.88. The third-order valence-corrected chi connectivity index (χ3v) is 5.37. The lowest BCUT2D eigenvalue weighted by atomic mass is 10.5. The Kier molecular flexibility index (Phi) is 5.74. The van der Waals surface area contributed by atoms with Crippen LogP contribution in [0.15, 0.2) is 23.9 Å². The quantitative estimate of drug-likeness (QED) is 0.319. The Balaban J connectivity index is 5.24. The molecule has 0 spiro atoms. The SMILES string of the molecule is C=CC[Si](C)(C)/C(=C/C(=O)OC)C(=O)OC. The molecule has 0 saturated carbocycles. The van der Waals surface area contributed by atoms with E-state index < -0.39 is 20.0 Å². The van der Waals surface area contributed by atoms with E-state index in [4.69, 9.17) is 0 Å². The van der Waals surface area contributed by atoms with Gasteiger partial charge in [0.1, 0.15) is 0 Å². The highest BCUT2D eigenvalue weighted by Gasteiger charge is 2.31. The van der Waals surface area contributed by atoms with Gasteiger partial charge in [-0.3, -0.25) is 0 Å². The Hall–Kier alpha value is -1.36. The Morgan fingerprint density at radius 2 is 1.81 bits per heavy atom. The molecule has 0 unspecified atom stereocenters. The number of carbonyl (C=O) groups excluding carboxylic acids is 2. The maximum absolute atomic E-state index is 11.6. The van der Waals surface area contributed by atoms with Crippen LogP contribution in [0.25, 0.3) is 0 Å². The summed E-state index contributed by atoms with van der Waals surface area (Å²) in [5.41, 5.74) is 0. The maximum Gasteiger partial charge on any atom is 0.330 e. The lowest BCUT2D eigenvalue weighted by Crippen LogP contribution is -2.34. The predicted octanol–water partition coefficient (Wildman–Crippen LogP) is 1.69. The first-order chi connectivity index (χ1) is 7.38. The van der Waals surface area contributed by atoms with Crippen molar-refractivity contribution in [2.75, 3.05) is 14.2 Å². The molecule has 0 aromatic rings. The van der Waals surface area contributed by atoms with E-state index in [1.807, 2.05) is 13.1 Å². The molecule has 0 aliphatic heterocycles. The molecule has 4 nitrogen and oxygen atoms in total. The molecule has 0 aromatic carbocycles. The van der Waals surface area contributed by atoms with Crippen LogP contribution in [0.3, 0.4) is 0 Å². The topological polar surface area (TPSA) is 52.6 Å². The monoisotopic (exact) mass is 242 g/mol. The number of ether oxygens (including phenoxy) is 2. The van der Waals surface area contributed by atoms with Gasteiger partial charge in [0, 0.05) is 11.3 Å². The molecule has 0 atom stereocenters. The van der Waals surface area contributed by atoms with Crippen molar-refractivity contribution >= 4 is 20.0 Å². The van der Waals surface area contributed by atoms with Gasteiger partial charge in [0.05, 0.1) is 22.3 Å². The van der Waals surface area contributed by atoms with Crippen molar-refractivity contribution in [1.29, 1.82) is 0 Å². The molecule has 0 N–H and O–H groups in total. The average Bonchev–Trinajstić information content (AvgIpc) is 2.24. The van der Waals surface area contributed by atoms with E-state index in [1.54, 1.807) is 6.08 Å². The van der Waals surface area contributed by atoms with Crippen molar-refractivity contribution < 1.29 is 19.1 Å². The van der Waals surface area contributed by atoms with Crippen LogP contribution >= 0.6 is 0 Å². The zero-order valence-electron chi connectivity index (χ0n) is 10.2. The number of hydrogen-bond acceptors (Lipinski definition) is 4. The fourth-order valence-corrected chi connectivity index (χ4v) is 3.39. The summed E-state index contributed by atoms with van der Waals surface area (Å²) in [5, 5.41) is 0.418. The average molecular weight is 242 g/mol. The smallest absolute Gasteiger partial charge is 0.330 e. The van der Waals surface area contributed by atoms with Gasteiger partial charge in [0.25, 0.3) is 0 Å². The van der Waals surface area contributed by atoms with E-state index in [0.29, 0.717) is 11.2 Å². The highest BCUT2D eigenvalue weighted by atomic mass is 28.3. The molecule has 0 heterocycles. The molecule has 0 aliphatic rings. The zero-order valence-corrected chi connectivity index (χ0v) is 11.2. The van der Waals surface area contributed by atoms with Crippen LogP contribution in [0.1, 0.15) is 0 Å². The molecular weight excluding hydrogens is 224 g/mol. The fraction of sp³-hybridized carbons (Fsp3) is 0.455. The minimum Gasteiger partial charge on any atom is -0.466 e. The molecule has 0 saturated heterocycles. The second-order valence-electron chi connectivity index (χ2n) is 3.95. The van der Waals surface area contributed by atoms with E-state index in [-0.39, 0.29) is 0 Å². The lowest BCUT2D eigenvalue weighted by Gasteiger charge is -2.22. The largest absolute Gasteiger partial charge is 0.466 e. The third kappa shape index (κ3) is 4.02. The van der Waals surface area contributed by atoms with Crippen LogP contribution in [0.2, 0.25) is 19.1 Å². The second kappa shape index (κ2) is 6.27. The molecule has 0 fully saturated rings. The number of carbonyl (C=O) groups is 2. The minimum absolute atomic E-state index is 0.418. The van der Waals surface area contributed by atoms with Crippen LogP contribution < -0.4 is 0 Å². The number of esters is 2. The van der Waals surface area contributed by atoms with Crippen molar-refractivity contribution in [3.05, 3.63) is 23.9 Å². The van der Waals surface area contributed by atoms with Gasteiger partial charge in [0.2, 0.25) is 0 Å². The molecule has 0 aromatic heterocycles. The Morgan fingerprint density at radius 3 is 2.19 bits per heavy atom. The molecule has 0 bridgehead atoms. The van der Waals surface area contributed by atoms with E-state index in [1.165, 1.54) is 20.3 Å². The fourth-order valence-electron chi connectivity index (χ4n) is 1.29. The normalized spacial score (nSPS) is 11.9. The van der Waals surface area contributed by atoms with E-state index in [2.05, 4.69) is 16.1 Å². The van der Waals surface area contributed by atoms with Gasteiger partial charge >= 0.3 is 11.9 Å². The summed E-state index contributed by atoms with van der Waals surface area (Å²) in [6.07, 6.45) is 2.97. The molecule has 90 valence electrons. The van der Waals surface area contributed by atoms with Crippen molar-refractivity contribution in [2.45, 2.75) is 19.1 Å². The van der Waals surface area contributed by atoms with Crippen LogP contribution in [-0.4, -0.2) is 34.2 Å². The summed E-state index contributed by atoms with van der Waals surface area (Å²) in [6.45, 7) is 7.60. The summed E-state index contributed by atoms with van der Waals surface area (Å²) in [7, 11) is 0.543. The Morgan fingerprint density at radius 1 is 1.25 bits per heavy atom. The highest BCUT2D eigenvalue weighted by Crippen LogP contribution is 2.21. The van der Waals surface area contributed by atoms with Gasteiger partial charge < -0.3 is 9.47 Å². The Labute approximate surface area is 96.9 Å². The van der Waals surface area contributed by atoms with Crippen LogP contribution in [0, 0.1) is 0 Å². The lowest BCUT2D eigenvalue weighted by molar-refractivity contribution is -0.138. The summed E-state index contributed by atoms with van der Waals surface area (Å²) in [4.78, 5) is 22.8. The molecular formula is C11H18O4Si. The van der Waals surface area contributed by atoms with Gasteiger partial charge in [-0.15, -0.1) is 6.58 Å². The highest BCUT2D eigenvalue weighted by molar-refractivity contribution is 6.88. The molecule has 0 rings (SSSR count). The van der Waals surface area contributed by atoms with Gasteiger partial charge in [-0.1, -0.05) is 19.2 Å². The molecule has 16 heavy (non-hydrogen) atoms. The Bertz CT molecular complexity index is 318. The van der Waals surface area contributed by atoms with E-state index in [9.17, 15) is 9.59 Å². The molecule has 0 aliphatic carbocycles. The van der Waals surface area contributed by atoms with Gasteiger partial charge in [-0.05, 0) is 6.04 Å². The number of rotatable bonds is 5. The van der Waals surface area contributed by atoms with Crippen LogP contribution in [0.5, 0.6) is 0 Å². The summed E-state index contributed by atoms with van der Waals surface area (Å²) in [6, 6.07) is 0.699. The summed E-state index contributed by atoms with van der Waals surface area (Å²) >= 11 is 0. The summed E-state index contributed by atoms with van der Waals surface area (Å²) < 4.78 is 9.20. The van der Waals surface area contributed by atoms with Gasteiger partial charge in [-0.25, -0.2) is 9.59 Å². The van der Waals surface area contributed by atoms with Crippen molar-refractivity contribution in [3.63, 3.8) is 0 Å². The minimum atomic E-state index is -2.03. The second-order valence-corrected chi connectivity index (χ2v) is 8.66. The van der Waals surface area contributed by atoms with E-state index >= 15 is 0 Å². The zero-order chi connectivity index (χ0) is 12.8. The van der Waals surface area contributed by atoms with Crippen LogP contribution in [0.4, 0.5) is 0 Å². The third-order valence-electron chi connectivity index (χ3n) is 2.25. The van der Waals surface area contributed by atoms with Crippen molar-refractivity contribution in [3.8, 4) is 0 Å². The van der Waals surface area contributed by atoms with Gasteiger partial charge in [-0.2, -0.15) is 0 Å². The van der Waals surface area contributed by atoms with Crippen LogP contribution in [-0.2, 0) is 19.1 Å². The predicted molar refractivity (Wildman–Crippen MR) is 64.6 cm³/mol. The van der Waals surface area contributed by atoms with Gasteiger partial charge in [0.15, 0.2) is 0 Å². The maximum atomic E-state index is 11.6. The molecule has 0 radical (unpaired) electrons. The molecule has 0 amide bonds. The number of hydrogen-bond donors (Lipinski definition) is 0. The molecule has 5 heteroatoms.